The van der Waals surface area contributed by atoms with Gasteiger partial charge >= 0.3 is 0 Å². The highest BCUT2D eigenvalue weighted by Crippen LogP contribution is 2.30. The van der Waals surface area contributed by atoms with Crippen LogP contribution in [0.4, 0.5) is 0 Å². The standard InChI is InChI=1S/C20H15ClO2S/c1-23-17-8-4-15(5-9-17)20-13-11-18(24-20)10-12-19(22)14-2-6-16(21)7-3-14/h2-13H,1H3/b12-10+. The second-order valence-corrected chi connectivity index (χ2v) is 6.69. The second kappa shape index (κ2) is 7.47. The van der Waals surface area contributed by atoms with E-state index < -0.39 is 0 Å². The summed E-state index contributed by atoms with van der Waals surface area (Å²) in [5.41, 5.74) is 1.76. The van der Waals surface area contributed by atoms with Crippen LogP contribution >= 0.6 is 22.9 Å². The average Bonchev–Trinajstić information content (AvgIpc) is 3.09. The molecule has 3 rings (SSSR count). The van der Waals surface area contributed by atoms with Crippen LogP contribution in [0.5, 0.6) is 5.75 Å². The zero-order valence-corrected chi connectivity index (χ0v) is 14.6. The van der Waals surface area contributed by atoms with E-state index in [9.17, 15) is 4.79 Å². The summed E-state index contributed by atoms with van der Waals surface area (Å²) in [7, 11) is 1.65. The van der Waals surface area contributed by atoms with E-state index in [4.69, 9.17) is 16.3 Å². The highest BCUT2D eigenvalue weighted by atomic mass is 35.5. The van der Waals surface area contributed by atoms with Crippen LogP contribution in [0.3, 0.4) is 0 Å². The van der Waals surface area contributed by atoms with E-state index in [1.807, 2.05) is 36.4 Å². The lowest BCUT2D eigenvalue weighted by atomic mass is 10.1. The maximum absolute atomic E-state index is 12.1. The number of rotatable bonds is 5. The van der Waals surface area contributed by atoms with Gasteiger partial charge in [0.05, 0.1) is 7.11 Å². The number of ether oxygens (including phenoxy) is 1. The van der Waals surface area contributed by atoms with E-state index in [1.54, 1.807) is 48.8 Å². The minimum atomic E-state index is -0.0361. The number of ketones is 1. The van der Waals surface area contributed by atoms with E-state index in [1.165, 1.54) is 0 Å². The highest BCUT2D eigenvalue weighted by molar-refractivity contribution is 7.16. The maximum atomic E-state index is 12.1. The Labute approximate surface area is 150 Å². The molecule has 1 heterocycles. The zero-order chi connectivity index (χ0) is 16.9. The number of hydrogen-bond donors (Lipinski definition) is 0. The number of hydrogen-bond acceptors (Lipinski definition) is 3. The molecule has 0 atom stereocenters. The van der Waals surface area contributed by atoms with E-state index in [2.05, 4.69) is 6.07 Å². The predicted molar refractivity (Wildman–Crippen MR) is 101 cm³/mol. The van der Waals surface area contributed by atoms with Gasteiger partial charge in [0.1, 0.15) is 5.75 Å². The maximum Gasteiger partial charge on any atom is 0.185 e. The monoisotopic (exact) mass is 354 g/mol. The fraction of sp³-hybridized carbons (Fsp3) is 0.0500. The molecule has 0 fully saturated rings. The van der Waals surface area contributed by atoms with Crippen molar-refractivity contribution in [2.24, 2.45) is 0 Å². The molecule has 0 radical (unpaired) electrons. The predicted octanol–water partition coefficient (Wildman–Crippen LogP) is 5.97. The molecule has 0 saturated carbocycles. The summed E-state index contributed by atoms with van der Waals surface area (Å²) in [6, 6.07) is 18.9. The van der Waals surface area contributed by atoms with Gasteiger partial charge in [-0.3, -0.25) is 4.79 Å². The molecule has 2 nitrogen and oxygen atoms in total. The quantitative estimate of drug-likeness (QED) is 0.416. The Hall–Kier alpha value is -2.36. The van der Waals surface area contributed by atoms with Crippen LogP contribution < -0.4 is 4.74 Å². The Bertz CT molecular complexity index is 861. The third-order valence-electron chi connectivity index (χ3n) is 3.53. The van der Waals surface area contributed by atoms with Crippen LogP contribution in [0.25, 0.3) is 16.5 Å². The lowest BCUT2D eigenvalue weighted by Crippen LogP contribution is -1.92. The third kappa shape index (κ3) is 3.94. The molecule has 4 heteroatoms. The first-order valence-electron chi connectivity index (χ1n) is 7.38. The van der Waals surface area contributed by atoms with Gasteiger partial charge in [0.15, 0.2) is 5.78 Å². The van der Waals surface area contributed by atoms with Gasteiger partial charge in [0.2, 0.25) is 0 Å². The molecule has 0 saturated heterocycles. The minimum Gasteiger partial charge on any atom is -0.497 e. The van der Waals surface area contributed by atoms with Gasteiger partial charge in [-0.1, -0.05) is 11.6 Å². The van der Waals surface area contributed by atoms with Crippen molar-refractivity contribution in [1.82, 2.24) is 0 Å². The molecule has 0 spiro atoms. The molecular formula is C20H15ClO2S. The summed E-state index contributed by atoms with van der Waals surface area (Å²) >= 11 is 7.47. The number of carbonyl (C=O) groups is 1. The van der Waals surface area contributed by atoms with Gasteiger partial charge in [0.25, 0.3) is 0 Å². The van der Waals surface area contributed by atoms with Crippen LogP contribution in [0.2, 0.25) is 5.02 Å². The molecule has 2 aromatic carbocycles. The number of thiophene rings is 1. The summed E-state index contributed by atoms with van der Waals surface area (Å²) in [6.07, 6.45) is 3.43. The van der Waals surface area contributed by atoms with Gasteiger partial charge in [-0.15, -0.1) is 11.3 Å². The topological polar surface area (TPSA) is 26.3 Å². The Kier molecular flexibility index (Phi) is 5.14. The van der Waals surface area contributed by atoms with Gasteiger partial charge in [-0.2, -0.15) is 0 Å². The first kappa shape index (κ1) is 16.5. The first-order chi connectivity index (χ1) is 11.7. The van der Waals surface area contributed by atoms with Crippen LogP contribution in [-0.4, -0.2) is 12.9 Å². The third-order valence-corrected chi connectivity index (χ3v) is 4.88. The fourth-order valence-corrected chi connectivity index (χ4v) is 3.26. The molecule has 0 unspecified atom stereocenters. The van der Waals surface area contributed by atoms with Crippen molar-refractivity contribution in [3.8, 4) is 16.2 Å². The second-order valence-electron chi connectivity index (χ2n) is 5.13. The van der Waals surface area contributed by atoms with E-state index in [0.717, 1.165) is 21.1 Å². The lowest BCUT2D eigenvalue weighted by molar-refractivity contribution is 0.104. The normalized spacial score (nSPS) is 10.9. The number of methoxy groups -OCH3 is 1. The van der Waals surface area contributed by atoms with Crippen molar-refractivity contribution < 1.29 is 9.53 Å². The highest BCUT2D eigenvalue weighted by Gasteiger charge is 2.04. The van der Waals surface area contributed by atoms with Crippen LogP contribution in [0.1, 0.15) is 15.2 Å². The number of halogens is 1. The Morgan fingerprint density at radius 1 is 1.00 bits per heavy atom. The largest absolute Gasteiger partial charge is 0.497 e. The van der Waals surface area contributed by atoms with Crippen molar-refractivity contribution in [3.05, 3.63) is 82.2 Å². The van der Waals surface area contributed by atoms with Crippen LogP contribution in [-0.2, 0) is 0 Å². The smallest absolute Gasteiger partial charge is 0.185 e. The van der Waals surface area contributed by atoms with Gasteiger partial charge in [-0.25, -0.2) is 0 Å². The first-order valence-corrected chi connectivity index (χ1v) is 8.57. The van der Waals surface area contributed by atoms with Crippen molar-refractivity contribution >= 4 is 34.8 Å². The molecule has 3 aromatic rings. The molecule has 0 N–H and O–H groups in total. The average molecular weight is 355 g/mol. The van der Waals surface area contributed by atoms with Crippen molar-refractivity contribution in [1.29, 1.82) is 0 Å². The summed E-state index contributed by atoms with van der Waals surface area (Å²) in [6.45, 7) is 0. The Morgan fingerprint density at radius 2 is 1.71 bits per heavy atom. The van der Waals surface area contributed by atoms with Gasteiger partial charge in [0, 0.05) is 20.3 Å². The van der Waals surface area contributed by atoms with Crippen LogP contribution in [0, 0.1) is 0 Å². The van der Waals surface area contributed by atoms with Gasteiger partial charge < -0.3 is 4.74 Å². The zero-order valence-electron chi connectivity index (χ0n) is 13.0. The van der Waals surface area contributed by atoms with Crippen LogP contribution in [0.15, 0.2) is 66.7 Å². The Morgan fingerprint density at radius 3 is 2.38 bits per heavy atom. The van der Waals surface area contributed by atoms with Crippen molar-refractivity contribution in [3.63, 3.8) is 0 Å². The van der Waals surface area contributed by atoms with E-state index in [0.29, 0.717) is 10.6 Å². The SMILES string of the molecule is COc1ccc(-c2ccc(/C=C/C(=O)c3ccc(Cl)cc3)s2)cc1. The molecular weight excluding hydrogens is 340 g/mol. The number of carbonyl (C=O) groups excluding carboxylic acids is 1. The fourth-order valence-electron chi connectivity index (χ4n) is 2.22. The lowest BCUT2D eigenvalue weighted by Gasteiger charge is -2.00. The summed E-state index contributed by atoms with van der Waals surface area (Å²) in [5.74, 6) is 0.801. The molecule has 0 bridgehead atoms. The van der Waals surface area contributed by atoms with Crippen molar-refractivity contribution in [2.45, 2.75) is 0 Å². The summed E-state index contributed by atoms with van der Waals surface area (Å²) in [4.78, 5) is 14.3. The molecule has 0 aliphatic carbocycles. The number of benzene rings is 2. The molecule has 1 aromatic heterocycles. The van der Waals surface area contributed by atoms with Gasteiger partial charge in [-0.05, 0) is 78.4 Å². The van der Waals surface area contributed by atoms with E-state index >= 15 is 0 Å². The summed E-state index contributed by atoms with van der Waals surface area (Å²) in [5, 5.41) is 0.623. The van der Waals surface area contributed by atoms with E-state index in [-0.39, 0.29) is 5.78 Å². The molecule has 0 amide bonds. The summed E-state index contributed by atoms with van der Waals surface area (Å²) < 4.78 is 5.17. The number of allylic oxidation sites excluding steroid dienone is 1. The molecule has 0 aliphatic heterocycles. The minimum absolute atomic E-state index is 0.0361. The molecule has 120 valence electrons. The Balaban J connectivity index is 1.73. The molecule has 24 heavy (non-hydrogen) atoms. The molecule has 0 aliphatic rings. The van der Waals surface area contributed by atoms with Crippen molar-refractivity contribution in [2.75, 3.05) is 7.11 Å².